The fraction of sp³-hybridized carbons (Fsp3) is 0.435. The van der Waals surface area contributed by atoms with Crippen LogP contribution in [0.1, 0.15) is 49.6 Å². The van der Waals surface area contributed by atoms with Gasteiger partial charge in [0.15, 0.2) is 0 Å². The van der Waals surface area contributed by atoms with E-state index in [2.05, 4.69) is 55.7 Å². The third kappa shape index (κ3) is 4.69. The third-order valence-electron chi connectivity index (χ3n) is 4.87. The van der Waals surface area contributed by atoms with Crippen molar-refractivity contribution in [2.75, 3.05) is 13.2 Å². The highest BCUT2D eigenvalue weighted by atomic mass is 16.5. The summed E-state index contributed by atoms with van der Waals surface area (Å²) in [6.45, 7) is 8.23. The molecule has 0 aliphatic heterocycles. The van der Waals surface area contributed by atoms with Crippen LogP contribution in [-0.4, -0.2) is 27.9 Å². The number of aryl methyl sites for hydroxylation is 3. The molecule has 1 aromatic heterocycles. The van der Waals surface area contributed by atoms with Crippen molar-refractivity contribution in [3.63, 3.8) is 0 Å². The van der Waals surface area contributed by atoms with Gasteiger partial charge in [-0.3, -0.25) is 0 Å². The van der Waals surface area contributed by atoms with Crippen LogP contribution in [0, 0.1) is 6.92 Å². The highest BCUT2D eigenvalue weighted by Crippen LogP contribution is 2.27. The van der Waals surface area contributed by atoms with E-state index in [1.54, 1.807) is 0 Å². The molecule has 3 aromatic rings. The monoisotopic (exact) mass is 366 g/mol. The first-order valence-corrected chi connectivity index (χ1v) is 9.88. The van der Waals surface area contributed by atoms with Gasteiger partial charge >= 0.3 is 0 Å². The maximum atomic E-state index is 9.17. The molecule has 0 bridgehead atoms. The van der Waals surface area contributed by atoms with Crippen LogP contribution in [0.5, 0.6) is 5.75 Å². The molecule has 0 spiro atoms. The van der Waals surface area contributed by atoms with Crippen LogP contribution in [0.4, 0.5) is 0 Å². The number of hydrogen-bond acceptors (Lipinski definition) is 3. The predicted octanol–water partition coefficient (Wildman–Crippen LogP) is 4.86. The molecule has 0 fully saturated rings. The first kappa shape index (κ1) is 19.4. The quantitative estimate of drug-likeness (QED) is 0.550. The number of ether oxygens (including phenoxy) is 1. The zero-order valence-electron chi connectivity index (χ0n) is 16.6. The molecule has 0 radical (unpaired) electrons. The fourth-order valence-electron chi connectivity index (χ4n) is 3.45. The number of fused-ring (bicyclic) bond motifs is 1. The van der Waals surface area contributed by atoms with Crippen molar-refractivity contribution in [1.82, 2.24) is 9.55 Å². The third-order valence-corrected chi connectivity index (χ3v) is 4.87. The lowest BCUT2D eigenvalue weighted by molar-refractivity contribution is 0.285. The van der Waals surface area contributed by atoms with Crippen LogP contribution in [0.2, 0.25) is 0 Å². The maximum Gasteiger partial charge on any atom is 0.123 e. The number of benzene rings is 2. The first-order valence-electron chi connectivity index (χ1n) is 9.88. The molecule has 0 amide bonds. The summed E-state index contributed by atoms with van der Waals surface area (Å²) < 4.78 is 8.41. The van der Waals surface area contributed by atoms with Gasteiger partial charge in [0.25, 0.3) is 0 Å². The highest BCUT2D eigenvalue weighted by Gasteiger charge is 2.11. The number of rotatable bonds is 9. The summed E-state index contributed by atoms with van der Waals surface area (Å²) in [5, 5.41) is 9.17. The zero-order valence-corrected chi connectivity index (χ0v) is 16.6. The number of aliphatic hydroxyl groups excluding tert-OH is 1. The summed E-state index contributed by atoms with van der Waals surface area (Å²) in [4.78, 5) is 4.75. The van der Waals surface area contributed by atoms with Crippen LogP contribution < -0.4 is 4.74 Å². The molecule has 0 saturated carbocycles. The molecule has 4 nitrogen and oxygen atoms in total. The number of aromatic nitrogens is 2. The molecule has 3 rings (SSSR count). The lowest BCUT2D eigenvalue weighted by Crippen LogP contribution is -2.09. The summed E-state index contributed by atoms with van der Waals surface area (Å²) in [5.41, 5.74) is 4.66. The normalized spacial score (nSPS) is 11.4. The molecule has 27 heavy (non-hydrogen) atoms. The molecule has 1 N–H and O–H groups in total. The average Bonchev–Trinajstić information content (AvgIpc) is 3.01. The Balaban J connectivity index is 1.68. The lowest BCUT2D eigenvalue weighted by Gasteiger charge is -2.15. The van der Waals surface area contributed by atoms with E-state index < -0.39 is 0 Å². The largest absolute Gasteiger partial charge is 0.493 e. The molecule has 2 aromatic carbocycles. The van der Waals surface area contributed by atoms with E-state index >= 15 is 0 Å². The Morgan fingerprint density at radius 2 is 1.93 bits per heavy atom. The standard InChI is InChI=1S/C23H30N2O2/c1-17(2)19-12-11-18(3)16-22(19)27-15-7-13-25-21-9-5-4-8-20(21)24-23(25)10-6-14-26/h4-5,8-9,11-12,16-17,26H,6-7,10,13-15H2,1-3H3. The number of aliphatic hydroxyl groups is 1. The SMILES string of the molecule is Cc1ccc(C(C)C)c(OCCCn2c(CCCO)nc3ccccc32)c1. The van der Waals surface area contributed by atoms with E-state index in [4.69, 9.17) is 14.8 Å². The summed E-state index contributed by atoms with van der Waals surface area (Å²) in [7, 11) is 0. The second kappa shape index (κ2) is 9.05. The van der Waals surface area contributed by atoms with Gasteiger partial charge in [-0.2, -0.15) is 0 Å². The second-order valence-corrected chi connectivity index (χ2v) is 7.39. The number of para-hydroxylation sites is 2. The van der Waals surface area contributed by atoms with Crippen molar-refractivity contribution in [3.8, 4) is 5.75 Å². The lowest BCUT2D eigenvalue weighted by atomic mass is 10.0. The van der Waals surface area contributed by atoms with E-state index in [0.29, 0.717) is 12.5 Å². The minimum absolute atomic E-state index is 0.192. The Morgan fingerprint density at radius 3 is 2.70 bits per heavy atom. The fourth-order valence-corrected chi connectivity index (χ4v) is 3.45. The van der Waals surface area contributed by atoms with E-state index in [-0.39, 0.29) is 6.61 Å². The smallest absolute Gasteiger partial charge is 0.123 e. The van der Waals surface area contributed by atoms with E-state index in [9.17, 15) is 0 Å². The zero-order chi connectivity index (χ0) is 19.2. The Kier molecular flexibility index (Phi) is 6.51. The van der Waals surface area contributed by atoms with E-state index in [1.165, 1.54) is 11.1 Å². The molecule has 4 heteroatoms. The summed E-state index contributed by atoms with van der Waals surface area (Å²) in [5.74, 6) is 2.49. The van der Waals surface area contributed by atoms with Gasteiger partial charge in [-0.25, -0.2) is 4.98 Å². The Labute approximate surface area is 161 Å². The molecule has 0 atom stereocenters. The first-order chi connectivity index (χ1) is 13.1. The molecular formula is C23H30N2O2. The minimum atomic E-state index is 0.192. The van der Waals surface area contributed by atoms with Crippen LogP contribution in [0.3, 0.4) is 0 Å². The van der Waals surface area contributed by atoms with Crippen LogP contribution in [-0.2, 0) is 13.0 Å². The average molecular weight is 367 g/mol. The molecule has 0 aliphatic carbocycles. The number of nitrogens with zero attached hydrogens (tertiary/aromatic N) is 2. The predicted molar refractivity (Wildman–Crippen MR) is 111 cm³/mol. The van der Waals surface area contributed by atoms with Crippen LogP contribution in [0.15, 0.2) is 42.5 Å². The van der Waals surface area contributed by atoms with Gasteiger partial charge in [0, 0.05) is 19.6 Å². The summed E-state index contributed by atoms with van der Waals surface area (Å²) in [6, 6.07) is 14.7. The van der Waals surface area contributed by atoms with Crippen LogP contribution >= 0.6 is 0 Å². The van der Waals surface area contributed by atoms with Gasteiger partial charge in [0.05, 0.1) is 17.6 Å². The molecular weight excluding hydrogens is 336 g/mol. The van der Waals surface area contributed by atoms with Crippen molar-refractivity contribution >= 4 is 11.0 Å². The topological polar surface area (TPSA) is 47.3 Å². The van der Waals surface area contributed by atoms with E-state index in [1.807, 2.05) is 12.1 Å². The Morgan fingerprint density at radius 1 is 1.11 bits per heavy atom. The summed E-state index contributed by atoms with van der Waals surface area (Å²) in [6.07, 6.45) is 2.44. The van der Waals surface area contributed by atoms with Gasteiger partial charge < -0.3 is 14.4 Å². The van der Waals surface area contributed by atoms with Gasteiger partial charge in [-0.05, 0) is 55.0 Å². The molecule has 0 saturated heterocycles. The molecule has 1 heterocycles. The number of imidazole rings is 1. The number of hydrogen-bond donors (Lipinski definition) is 1. The van der Waals surface area contributed by atoms with Crippen LogP contribution in [0.25, 0.3) is 11.0 Å². The maximum absolute atomic E-state index is 9.17. The second-order valence-electron chi connectivity index (χ2n) is 7.39. The van der Waals surface area contributed by atoms with Gasteiger partial charge in [0.2, 0.25) is 0 Å². The van der Waals surface area contributed by atoms with Crippen molar-refractivity contribution in [2.24, 2.45) is 0 Å². The molecule has 144 valence electrons. The van der Waals surface area contributed by atoms with Gasteiger partial charge in [0.1, 0.15) is 11.6 Å². The Bertz CT molecular complexity index is 883. The molecule has 0 aliphatic rings. The summed E-state index contributed by atoms with van der Waals surface area (Å²) >= 11 is 0. The van der Waals surface area contributed by atoms with E-state index in [0.717, 1.165) is 48.4 Å². The van der Waals surface area contributed by atoms with Gasteiger partial charge in [-0.15, -0.1) is 0 Å². The van der Waals surface area contributed by atoms with Crippen molar-refractivity contribution in [3.05, 3.63) is 59.4 Å². The Hall–Kier alpha value is -2.33. The minimum Gasteiger partial charge on any atom is -0.493 e. The highest BCUT2D eigenvalue weighted by molar-refractivity contribution is 5.75. The van der Waals surface area contributed by atoms with Crippen molar-refractivity contribution in [2.45, 2.75) is 52.5 Å². The molecule has 0 unspecified atom stereocenters. The van der Waals surface area contributed by atoms with Gasteiger partial charge in [-0.1, -0.05) is 38.1 Å². The van der Waals surface area contributed by atoms with Crippen molar-refractivity contribution in [1.29, 1.82) is 0 Å². The van der Waals surface area contributed by atoms with Crippen molar-refractivity contribution < 1.29 is 9.84 Å².